The predicted molar refractivity (Wildman–Crippen MR) is 100 cm³/mol. The number of ether oxygens (including phenoxy) is 1. The van der Waals surface area contributed by atoms with Gasteiger partial charge in [0.2, 0.25) is 0 Å². The lowest BCUT2D eigenvalue weighted by atomic mass is 10.1. The third-order valence-corrected chi connectivity index (χ3v) is 4.12. The number of aromatic nitrogens is 2. The molecule has 0 saturated heterocycles. The number of aromatic carboxylic acids is 1. The first-order valence-electron chi connectivity index (χ1n) is 8.38. The number of H-pyrrole nitrogens is 1. The molecule has 0 bridgehead atoms. The minimum absolute atomic E-state index is 0.186. The fraction of sp³-hybridized carbons (Fsp3) is 0.150. The summed E-state index contributed by atoms with van der Waals surface area (Å²) in [5, 5.41) is 18.6. The summed E-state index contributed by atoms with van der Waals surface area (Å²) in [6.45, 7) is 0. The van der Waals surface area contributed by atoms with Crippen LogP contribution in [0.1, 0.15) is 32.1 Å². The van der Waals surface area contributed by atoms with Crippen LogP contribution < -0.4 is 10.1 Å². The molecule has 0 unspecified atom stereocenters. The first-order valence-corrected chi connectivity index (χ1v) is 8.38. The number of aromatic amines is 1. The standard InChI is InChI=1S/C20H19N3O4/c1-27-15-9-5-8-14(12-15)19(24)21-17-16(22-23-18(17)20(25)26)11-10-13-6-3-2-4-7-13/h2-9,12H,10-11H2,1H3,(H,21,24)(H,22,23)(H,25,26). The van der Waals surface area contributed by atoms with Crippen molar-refractivity contribution in [2.45, 2.75) is 12.8 Å². The molecule has 138 valence electrons. The summed E-state index contributed by atoms with van der Waals surface area (Å²) in [6, 6.07) is 16.4. The number of hydrogen-bond acceptors (Lipinski definition) is 4. The first kappa shape index (κ1) is 18.2. The molecule has 1 heterocycles. The van der Waals surface area contributed by atoms with Gasteiger partial charge in [-0.05, 0) is 36.6 Å². The van der Waals surface area contributed by atoms with Crippen LogP contribution in [-0.2, 0) is 12.8 Å². The Morgan fingerprint density at radius 3 is 2.59 bits per heavy atom. The van der Waals surface area contributed by atoms with E-state index in [0.717, 1.165) is 5.56 Å². The second-order valence-corrected chi connectivity index (χ2v) is 5.90. The molecule has 0 atom stereocenters. The van der Waals surface area contributed by atoms with Gasteiger partial charge in [0.1, 0.15) is 5.75 Å². The van der Waals surface area contributed by atoms with Crippen molar-refractivity contribution in [3.63, 3.8) is 0 Å². The number of benzene rings is 2. The molecule has 7 nitrogen and oxygen atoms in total. The van der Waals surface area contributed by atoms with Gasteiger partial charge in [-0.3, -0.25) is 9.89 Å². The van der Waals surface area contributed by atoms with E-state index >= 15 is 0 Å². The van der Waals surface area contributed by atoms with Crippen LogP contribution in [0.3, 0.4) is 0 Å². The zero-order valence-corrected chi connectivity index (χ0v) is 14.7. The van der Waals surface area contributed by atoms with Crippen LogP contribution in [0.2, 0.25) is 0 Å². The Morgan fingerprint density at radius 2 is 1.89 bits per heavy atom. The Labute approximate surface area is 156 Å². The van der Waals surface area contributed by atoms with Crippen LogP contribution in [0.5, 0.6) is 5.75 Å². The molecular formula is C20H19N3O4. The van der Waals surface area contributed by atoms with E-state index in [0.29, 0.717) is 29.8 Å². The fourth-order valence-electron chi connectivity index (χ4n) is 2.71. The molecule has 0 aliphatic heterocycles. The SMILES string of the molecule is COc1cccc(C(=O)Nc2c(C(=O)O)n[nH]c2CCc2ccccc2)c1. The number of carbonyl (C=O) groups excluding carboxylic acids is 1. The quantitative estimate of drug-likeness (QED) is 0.597. The fourth-order valence-corrected chi connectivity index (χ4v) is 2.71. The minimum atomic E-state index is -1.21. The van der Waals surface area contributed by atoms with Gasteiger partial charge in [0, 0.05) is 5.56 Å². The Morgan fingerprint density at radius 1 is 1.11 bits per heavy atom. The maximum absolute atomic E-state index is 12.6. The molecule has 2 aromatic carbocycles. The molecule has 0 radical (unpaired) electrons. The lowest BCUT2D eigenvalue weighted by Gasteiger charge is -2.08. The molecule has 1 aromatic heterocycles. The molecule has 0 spiro atoms. The zero-order chi connectivity index (χ0) is 19.2. The van der Waals surface area contributed by atoms with Gasteiger partial charge in [-0.2, -0.15) is 5.10 Å². The summed E-state index contributed by atoms with van der Waals surface area (Å²) in [5.74, 6) is -1.10. The number of nitrogens with zero attached hydrogens (tertiary/aromatic N) is 1. The molecule has 3 rings (SSSR count). The predicted octanol–water partition coefficient (Wildman–Crippen LogP) is 3.15. The van der Waals surface area contributed by atoms with Crippen LogP contribution >= 0.6 is 0 Å². The highest BCUT2D eigenvalue weighted by molar-refractivity contribution is 6.07. The van der Waals surface area contributed by atoms with Crippen molar-refractivity contribution in [1.82, 2.24) is 10.2 Å². The van der Waals surface area contributed by atoms with Crippen LogP contribution in [0, 0.1) is 0 Å². The summed E-state index contributed by atoms with van der Waals surface area (Å²) in [7, 11) is 1.51. The number of nitrogens with one attached hydrogen (secondary N) is 2. The molecule has 27 heavy (non-hydrogen) atoms. The molecule has 0 aliphatic carbocycles. The van der Waals surface area contributed by atoms with E-state index in [1.807, 2.05) is 30.3 Å². The van der Waals surface area contributed by atoms with Crippen molar-refractivity contribution in [3.05, 3.63) is 77.1 Å². The van der Waals surface area contributed by atoms with Gasteiger partial charge < -0.3 is 15.2 Å². The third kappa shape index (κ3) is 4.33. The number of carbonyl (C=O) groups is 2. The number of carboxylic acid groups (broad SMARTS) is 1. The number of carboxylic acids is 1. The van der Waals surface area contributed by atoms with E-state index < -0.39 is 11.9 Å². The lowest BCUT2D eigenvalue weighted by molar-refractivity contribution is 0.0691. The van der Waals surface area contributed by atoms with Crippen molar-refractivity contribution in [1.29, 1.82) is 0 Å². The summed E-state index contributed by atoms with van der Waals surface area (Å²) in [5.41, 5.74) is 2.00. The number of rotatable bonds is 7. The Bertz CT molecular complexity index is 951. The molecule has 0 aliphatic rings. The van der Waals surface area contributed by atoms with Gasteiger partial charge in [0.05, 0.1) is 18.5 Å². The van der Waals surface area contributed by atoms with E-state index in [1.54, 1.807) is 24.3 Å². The maximum Gasteiger partial charge on any atom is 0.358 e. The topological polar surface area (TPSA) is 104 Å². The minimum Gasteiger partial charge on any atom is -0.497 e. The van der Waals surface area contributed by atoms with Gasteiger partial charge >= 0.3 is 5.97 Å². The summed E-state index contributed by atoms with van der Waals surface area (Å²) in [4.78, 5) is 24.1. The van der Waals surface area contributed by atoms with E-state index in [-0.39, 0.29) is 11.4 Å². The highest BCUT2D eigenvalue weighted by Crippen LogP contribution is 2.22. The smallest absolute Gasteiger partial charge is 0.358 e. The van der Waals surface area contributed by atoms with Crippen molar-refractivity contribution in [2.24, 2.45) is 0 Å². The highest BCUT2D eigenvalue weighted by Gasteiger charge is 2.21. The molecule has 1 amide bonds. The van der Waals surface area contributed by atoms with E-state index in [4.69, 9.17) is 4.74 Å². The van der Waals surface area contributed by atoms with Crippen LogP contribution in [0.4, 0.5) is 5.69 Å². The van der Waals surface area contributed by atoms with Gasteiger partial charge in [0.15, 0.2) is 5.69 Å². The Balaban J connectivity index is 1.83. The number of amides is 1. The number of hydrogen-bond donors (Lipinski definition) is 3. The Hall–Kier alpha value is -3.61. The lowest BCUT2D eigenvalue weighted by Crippen LogP contribution is -2.15. The van der Waals surface area contributed by atoms with Gasteiger partial charge in [-0.1, -0.05) is 36.4 Å². The molecule has 0 saturated carbocycles. The van der Waals surface area contributed by atoms with Crippen LogP contribution in [0.25, 0.3) is 0 Å². The summed E-state index contributed by atoms with van der Waals surface area (Å²) in [6.07, 6.45) is 1.20. The first-order chi connectivity index (χ1) is 13.1. The zero-order valence-electron chi connectivity index (χ0n) is 14.7. The second kappa shape index (κ2) is 8.18. The average Bonchev–Trinajstić information content (AvgIpc) is 3.10. The average molecular weight is 365 g/mol. The number of methoxy groups -OCH3 is 1. The molecule has 0 fully saturated rings. The van der Waals surface area contributed by atoms with Crippen molar-refractivity contribution in [3.8, 4) is 5.75 Å². The molecular weight excluding hydrogens is 346 g/mol. The van der Waals surface area contributed by atoms with Gasteiger partial charge in [0.25, 0.3) is 5.91 Å². The molecule has 3 aromatic rings. The van der Waals surface area contributed by atoms with E-state index in [2.05, 4.69) is 15.5 Å². The monoisotopic (exact) mass is 365 g/mol. The van der Waals surface area contributed by atoms with Crippen molar-refractivity contribution >= 4 is 17.6 Å². The molecule has 3 N–H and O–H groups in total. The van der Waals surface area contributed by atoms with Gasteiger partial charge in [-0.25, -0.2) is 4.79 Å². The normalized spacial score (nSPS) is 10.4. The maximum atomic E-state index is 12.6. The van der Waals surface area contributed by atoms with Crippen LogP contribution in [-0.4, -0.2) is 34.3 Å². The largest absolute Gasteiger partial charge is 0.497 e. The highest BCUT2D eigenvalue weighted by atomic mass is 16.5. The second-order valence-electron chi connectivity index (χ2n) is 5.90. The van der Waals surface area contributed by atoms with Crippen molar-refractivity contribution < 1.29 is 19.4 Å². The van der Waals surface area contributed by atoms with Crippen molar-refractivity contribution in [2.75, 3.05) is 12.4 Å². The van der Waals surface area contributed by atoms with Crippen LogP contribution in [0.15, 0.2) is 54.6 Å². The molecule has 7 heteroatoms. The Kier molecular flexibility index (Phi) is 5.51. The van der Waals surface area contributed by atoms with E-state index in [9.17, 15) is 14.7 Å². The number of aryl methyl sites for hydroxylation is 2. The number of anilines is 1. The van der Waals surface area contributed by atoms with Gasteiger partial charge in [-0.15, -0.1) is 0 Å². The third-order valence-electron chi connectivity index (χ3n) is 4.12. The van der Waals surface area contributed by atoms with E-state index in [1.165, 1.54) is 7.11 Å². The summed E-state index contributed by atoms with van der Waals surface area (Å²) < 4.78 is 5.12. The summed E-state index contributed by atoms with van der Waals surface area (Å²) >= 11 is 0.